The lowest BCUT2D eigenvalue weighted by Gasteiger charge is -2.13. The molecule has 0 unspecified atom stereocenters. The van der Waals surface area contributed by atoms with Gasteiger partial charge < -0.3 is 5.11 Å². The Morgan fingerprint density at radius 3 is 1.24 bits per heavy atom. The third kappa shape index (κ3) is 14.1. The number of carbonyl (C=O) groups is 1. The summed E-state index contributed by atoms with van der Waals surface area (Å²) in [5.74, 6) is 0.320. The molecule has 0 aliphatic heterocycles. The average Bonchev–Trinajstić information content (AvgIpc) is 3.33. The Bertz CT molecular complexity index is 2760. The zero-order chi connectivity index (χ0) is 46.2. The van der Waals surface area contributed by atoms with Gasteiger partial charge >= 0.3 is 0 Å². The number of rotatable bonds is 0. The average molecular weight is 889 g/mol. The highest BCUT2D eigenvalue weighted by molar-refractivity contribution is 5.90. The number of para-hydroxylation sites is 2. The summed E-state index contributed by atoms with van der Waals surface area (Å²) < 4.78 is 0. The summed E-state index contributed by atoms with van der Waals surface area (Å²) >= 11 is 0. The topological polar surface area (TPSA) is 63.1 Å². The van der Waals surface area contributed by atoms with Crippen molar-refractivity contribution in [1.82, 2.24) is 9.97 Å². The summed E-state index contributed by atoms with van der Waals surface area (Å²) in [5, 5.41) is 13.0. The molecule has 10 bridgehead atoms. The molecule has 0 amide bonds. The molecule has 9 rings (SSSR count). The van der Waals surface area contributed by atoms with E-state index < -0.39 is 0 Å². The fourth-order valence-corrected chi connectivity index (χ4v) is 10.3. The van der Waals surface area contributed by atoms with Crippen molar-refractivity contribution in [2.75, 3.05) is 0 Å². The van der Waals surface area contributed by atoms with Gasteiger partial charge in [0.25, 0.3) is 0 Å². The fourth-order valence-electron chi connectivity index (χ4n) is 10.3. The molecule has 346 valence electrons. The number of aliphatic hydroxyl groups is 1. The minimum Gasteiger partial charge on any atom is -0.512 e. The third-order valence-electron chi connectivity index (χ3n) is 14.0. The number of fused-ring (bicyclic) bond motifs is 25. The molecular weight excluding hydrogens is 817 g/mol. The maximum absolute atomic E-state index is 12.6. The second-order valence-corrected chi connectivity index (χ2v) is 19.7. The molecule has 0 fully saturated rings. The van der Waals surface area contributed by atoms with E-state index in [9.17, 15) is 9.90 Å². The maximum atomic E-state index is 12.6. The van der Waals surface area contributed by atoms with Crippen LogP contribution in [0.15, 0.2) is 133 Å². The number of pyridine rings is 2. The lowest BCUT2D eigenvalue weighted by molar-refractivity contribution is -0.114. The molecule has 2 aliphatic rings. The van der Waals surface area contributed by atoms with Crippen molar-refractivity contribution in [1.29, 1.82) is 0 Å². The molecule has 2 aromatic heterocycles. The van der Waals surface area contributed by atoms with E-state index in [1.54, 1.807) is 0 Å². The van der Waals surface area contributed by atoms with Gasteiger partial charge in [0.2, 0.25) is 0 Å². The zero-order valence-corrected chi connectivity index (χ0v) is 40.4. The molecule has 1 N–H and O–H groups in total. The first-order valence-corrected chi connectivity index (χ1v) is 25.8. The number of carbonyl (C=O) groups excluding carboxylic acids is 1. The Hall–Kier alpha value is -5.87. The zero-order valence-electron chi connectivity index (χ0n) is 40.4. The van der Waals surface area contributed by atoms with Gasteiger partial charge in [-0.3, -0.25) is 4.79 Å². The monoisotopic (exact) mass is 889 g/mol. The first-order chi connectivity index (χ1) is 32.8. The standard InChI is InChI=1S/C63H72N2O2/c1-46-37-50-35-33-48-29-31-49(32-30-48)34-36-51-38-47(2)40-55(42-51)63-44-53(59-26-18-20-28-61(59)65-63)22-14-10-6-4-8-12-16-24-57(67)45-56(66)23-15-11-7-3-5-9-13-21-52-43-62(54(39-46)41-50)64-60-27-19-17-25-58(52)60/h17-20,25-32,37-45,66H,3-16,21-24,33-36H2,1-2H3. The van der Waals surface area contributed by atoms with Crippen molar-refractivity contribution in [3.63, 3.8) is 0 Å². The van der Waals surface area contributed by atoms with Crippen molar-refractivity contribution in [3.8, 4) is 22.5 Å². The van der Waals surface area contributed by atoms with Crippen LogP contribution < -0.4 is 0 Å². The summed E-state index contributed by atoms with van der Waals surface area (Å²) in [4.78, 5) is 23.0. The molecule has 67 heavy (non-hydrogen) atoms. The second-order valence-electron chi connectivity index (χ2n) is 19.7. The fraction of sp³-hybridized carbons (Fsp3) is 0.381. The van der Waals surface area contributed by atoms with Crippen LogP contribution in [-0.4, -0.2) is 20.9 Å². The van der Waals surface area contributed by atoms with Gasteiger partial charge in [0, 0.05) is 40.8 Å². The number of nitrogens with zero attached hydrogens (tertiary/aromatic N) is 2. The molecule has 0 radical (unpaired) electrons. The Morgan fingerprint density at radius 2 is 0.776 bits per heavy atom. The molecule has 2 aliphatic carbocycles. The van der Waals surface area contributed by atoms with Crippen LogP contribution >= 0.6 is 0 Å². The Kier molecular flexibility index (Phi) is 17.2. The van der Waals surface area contributed by atoms with Gasteiger partial charge in [0.15, 0.2) is 5.78 Å². The molecule has 0 atom stereocenters. The molecule has 5 aromatic carbocycles. The molecule has 0 saturated heterocycles. The van der Waals surface area contributed by atoms with Gasteiger partial charge in [-0.05, 0) is 160 Å². The molecular formula is C63H72N2O2. The first-order valence-electron chi connectivity index (χ1n) is 25.8. The Morgan fingerprint density at radius 1 is 0.388 bits per heavy atom. The molecule has 4 nitrogen and oxygen atoms in total. The third-order valence-corrected chi connectivity index (χ3v) is 14.0. The van der Waals surface area contributed by atoms with E-state index in [1.165, 1.54) is 117 Å². The van der Waals surface area contributed by atoms with Gasteiger partial charge in [-0.25, -0.2) is 9.97 Å². The first kappa shape index (κ1) is 47.6. The summed E-state index contributed by atoms with van der Waals surface area (Å²) in [6, 6.07) is 45.3. The van der Waals surface area contributed by atoms with Crippen molar-refractivity contribution >= 4 is 27.6 Å². The number of aryl methyl sites for hydroxylation is 8. The smallest absolute Gasteiger partial charge is 0.159 e. The number of hydrogen-bond acceptors (Lipinski definition) is 4. The summed E-state index contributed by atoms with van der Waals surface area (Å²) in [5.41, 5.74) is 17.5. The number of aromatic nitrogens is 2. The van der Waals surface area contributed by atoms with Crippen molar-refractivity contribution < 1.29 is 9.90 Å². The SMILES string of the molecule is Cc1cc2cc(c1)-c1cc(c3ccccc3n1)CCCCCCCCCC(=O)C=C(O)CCCCCCCCCc1cc(nc3ccccc13)-c1cc(C)cc(c1)CCc1ccc(cc1)CC2. The second kappa shape index (κ2) is 24.2. The van der Waals surface area contributed by atoms with Crippen LogP contribution in [0.25, 0.3) is 44.3 Å². The molecule has 0 saturated carbocycles. The lowest BCUT2D eigenvalue weighted by atomic mass is 9.95. The van der Waals surface area contributed by atoms with Crippen molar-refractivity contribution in [3.05, 3.63) is 178 Å². The van der Waals surface area contributed by atoms with Gasteiger partial charge in [-0.2, -0.15) is 0 Å². The van der Waals surface area contributed by atoms with Crippen LogP contribution in [-0.2, 0) is 43.3 Å². The van der Waals surface area contributed by atoms with Crippen molar-refractivity contribution in [2.45, 2.75) is 155 Å². The van der Waals surface area contributed by atoms with E-state index in [1.807, 2.05) is 0 Å². The lowest BCUT2D eigenvalue weighted by Crippen LogP contribution is -1.97. The summed E-state index contributed by atoms with van der Waals surface area (Å²) in [6.45, 7) is 4.42. The maximum Gasteiger partial charge on any atom is 0.159 e. The number of ketones is 1. The van der Waals surface area contributed by atoms with E-state index in [0.29, 0.717) is 12.8 Å². The quantitative estimate of drug-likeness (QED) is 0.165. The van der Waals surface area contributed by atoms with Crippen LogP contribution in [0.4, 0.5) is 0 Å². The van der Waals surface area contributed by atoms with E-state index in [4.69, 9.17) is 9.97 Å². The number of benzene rings is 5. The largest absolute Gasteiger partial charge is 0.512 e. The normalized spacial score (nSPS) is 16.3. The molecule has 4 heteroatoms. The Balaban J connectivity index is 0.961. The van der Waals surface area contributed by atoms with E-state index in [-0.39, 0.29) is 11.5 Å². The Labute approximate surface area is 401 Å². The minimum atomic E-state index is 0.0660. The van der Waals surface area contributed by atoms with Gasteiger partial charge in [0.1, 0.15) is 0 Å². The van der Waals surface area contributed by atoms with Gasteiger partial charge in [-0.15, -0.1) is 0 Å². The van der Waals surface area contributed by atoms with E-state index in [2.05, 4.69) is 135 Å². The number of aliphatic hydroxyl groups excluding tert-OH is 1. The predicted octanol–water partition coefficient (Wildman–Crippen LogP) is 16.7. The highest BCUT2D eigenvalue weighted by Crippen LogP contribution is 2.31. The predicted molar refractivity (Wildman–Crippen MR) is 282 cm³/mol. The highest BCUT2D eigenvalue weighted by Gasteiger charge is 2.13. The van der Waals surface area contributed by atoms with E-state index in [0.717, 1.165) is 106 Å². The van der Waals surface area contributed by atoms with Crippen LogP contribution in [0.1, 0.15) is 147 Å². The molecule has 7 aromatic rings. The molecule has 0 spiro atoms. The highest BCUT2D eigenvalue weighted by atomic mass is 16.3. The van der Waals surface area contributed by atoms with Crippen LogP contribution in [0.2, 0.25) is 0 Å². The summed E-state index contributed by atoms with van der Waals surface area (Å²) in [7, 11) is 0. The van der Waals surface area contributed by atoms with Gasteiger partial charge in [-0.1, -0.05) is 148 Å². The van der Waals surface area contributed by atoms with Crippen molar-refractivity contribution in [2.24, 2.45) is 0 Å². The van der Waals surface area contributed by atoms with Crippen LogP contribution in [0.5, 0.6) is 0 Å². The van der Waals surface area contributed by atoms with Crippen LogP contribution in [0, 0.1) is 13.8 Å². The van der Waals surface area contributed by atoms with Gasteiger partial charge in [0.05, 0.1) is 28.2 Å². The number of hydrogen-bond donors (Lipinski definition) is 1. The van der Waals surface area contributed by atoms with E-state index >= 15 is 0 Å². The molecule has 2 heterocycles. The summed E-state index contributed by atoms with van der Waals surface area (Å²) in [6.07, 6.45) is 24.6. The van der Waals surface area contributed by atoms with Crippen LogP contribution in [0.3, 0.4) is 0 Å². The number of allylic oxidation sites excluding steroid dienone is 2. The minimum absolute atomic E-state index is 0.0660.